The largest absolute Gasteiger partial charge is 0.395 e. The Bertz CT molecular complexity index is 600. The monoisotopic (exact) mass is 312 g/mol. The zero-order valence-corrected chi connectivity index (χ0v) is 11.2. The van der Waals surface area contributed by atoms with E-state index in [4.69, 9.17) is 5.73 Å². The minimum absolute atomic E-state index is 0.101. The molecule has 0 saturated carbocycles. The highest BCUT2D eigenvalue weighted by molar-refractivity contribution is 9.10. The van der Waals surface area contributed by atoms with Gasteiger partial charge in [0.05, 0.1) is 11.4 Å². The molecule has 2 rings (SSSR count). The quantitative estimate of drug-likeness (QED) is 0.808. The van der Waals surface area contributed by atoms with Gasteiger partial charge in [0.25, 0.3) is 0 Å². The molecule has 2 aromatic rings. The van der Waals surface area contributed by atoms with Gasteiger partial charge in [-0.05, 0) is 30.7 Å². The van der Waals surface area contributed by atoms with E-state index >= 15 is 0 Å². The van der Waals surface area contributed by atoms with E-state index in [0.717, 1.165) is 21.8 Å². The highest BCUT2D eigenvalue weighted by Crippen LogP contribution is 2.30. The number of benzene rings is 2. The summed E-state index contributed by atoms with van der Waals surface area (Å²) in [5.41, 5.74) is 7.36. The van der Waals surface area contributed by atoms with Crippen LogP contribution in [-0.4, -0.2) is 0 Å². The fourth-order valence-electron chi connectivity index (χ4n) is 1.58. The molecule has 2 nitrogen and oxygen atoms in total. The second-order valence-electron chi connectivity index (χ2n) is 3.89. The van der Waals surface area contributed by atoms with E-state index in [1.165, 1.54) is 6.07 Å². The SMILES string of the molecule is Cc1c(Br)cccc1Nc1cc(F)cc(F)c1N. The van der Waals surface area contributed by atoms with Crippen molar-refractivity contribution in [3.63, 3.8) is 0 Å². The summed E-state index contributed by atoms with van der Waals surface area (Å²) in [5, 5.41) is 2.93. The lowest BCUT2D eigenvalue weighted by Crippen LogP contribution is -2.01. The molecule has 3 N–H and O–H groups in total. The Morgan fingerprint density at radius 3 is 2.61 bits per heavy atom. The number of nitrogen functional groups attached to an aromatic ring is 1. The average Bonchev–Trinajstić information content (AvgIpc) is 2.31. The van der Waals surface area contributed by atoms with E-state index in [-0.39, 0.29) is 11.4 Å². The minimum atomic E-state index is -0.773. The zero-order valence-electron chi connectivity index (χ0n) is 9.60. The zero-order chi connectivity index (χ0) is 13.3. The van der Waals surface area contributed by atoms with Crippen molar-refractivity contribution in [2.24, 2.45) is 0 Å². The summed E-state index contributed by atoms with van der Waals surface area (Å²) in [6.07, 6.45) is 0. The van der Waals surface area contributed by atoms with Gasteiger partial charge in [0.2, 0.25) is 0 Å². The topological polar surface area (TPSA) is 38.0 Å². The highest BCUT2D eigenvalue weighted by Gasteiger charge is 2.10. The predicted octanol–water partition coefficient (Wildman–Crippen LogP) is 4.36. The van der Waals surface area contributed by atoms with Crippen molar-refractivity contribution in [3.05, 3.63) is 52.0 Å². The molecule has 0 unspecified atom stereocenters. The number of halogens is 3. The van der Waals surface area contributed by atoms with Crippen molar-refractivity contribution < 1.29 is 8.78 Å². The number of rotatable bonds is 2. The maximum absolute atomic E-state index is 13.3. The predicted molar refractivity (Wildman–Crippen MR) is 72.9 cm³/mol. The molecule has 0 aliphatic rings. The fourth-order valence-corrected chi connectivity index (χ4v) is 1.94. The van der Waals surface area contributed by atoms with Crippen LogP contribution in [0.1, 0.15) is 5.56 Å². The standard InChI is InChI=1S/C13H11BrF2N2/c1-7-9(14)3-2-4-11(7)18-12-6-8(15)5-10(16)13(12)17/h2-6,18H,17H2,1H3. The van der Waals surface area contributed by atoms with Gasteiger partial charge in [-0.25, -0.2) is 8.78 Å². The first kappa shape index (κ1) is 12.8. The molecule has 0 spiro atoms. The van der Waals surface area contributed by atoms with Crippen LogP contribution in [-0.2, 0) is 0 Å². The van der Waals surface area contributed by atoms with E-state index in [1.54, 1.807) is 0 Å². The third-order valence-electron chi connectivity index (χ3n) is 2.63. The number of hydrogen-bond donors (Lipinski definition) is 2. The molecule has 0 bridgehead atoms. The van der Waals surface area contributed by atoms with Gasteiger partial charge in [-0.1, -0.05) is 22.0 Å². The van der Waals surface area contributed by atoms with E-state index in [2.05, 4.69) is 21.2 Å². The molecule has 0 radical (unpaired) electrons. The molecule has 0 atom stereocenters. The maximum atomic E-state index is 13.3. The van der Waals surface area contributed by atoms with Crippen molar-refractivity contribution in [1.82, 2.24) is 0 Å². The van der Waals surface area contributed by atoms with Gasteiger partial charge in [0.1, 0.15) is 5.82 Å². The number of anilines is 3. The summed E-state index contributed by atoms with van der Waals surface area (Å²) in [4.78, 5) is 0. The van der Waals surface area contributed by atoms with Crippen molar-refractivity contribution in [1.29, 1.82) is 0 Å². The summed E-state index contributed by atoms with van der Waals surface area (Å²) in [6, 6.07) is 7.44. The van der Waals surface area contributed by atoms with E-state index in [9.17, 15) is 8.78 Å². The molecule has 0 amide bonds. The van der Waals surface area contributed by atoms with Crippen molar-refractivity contribution in [2.45, 2.75) is 6.92 Å². The van der Waals surface area contributed by atoms with Crippen LogP contribution in [0, 0.1) is 18.6 Å². The van der Waals surface area contributed by atoms with E-state index in [1.807, 2.05) is 25.1 Å². The first-order valence-corrected chi connectivity index (χ1v) is 6.05. The highest BCUT2D eigenvalue weighted by atomic mass is 79.9. The van der Waals surface area contributed by atoms with Crippen LogP contribution in [0.5, 0.6) is 0 Å². The Labute approximate surface area is 112 Å². The number of nitrogens with two attached hydrogens (primary N) is 1. The van der Waals surface area contributed by atoms with Gasteiger partial charge < -0.3 is 11.1 Å². The Hall–Kier alpha value is -1.62. The molecule has 0 aliphatic carbocycles. The van der Waals surface area contributed by atoms with Gasteiger partial charge in [-0.15, -0.1) is 0 Å². The lowest BCUT2D eigenvalue weighted by atomic mass is 10.2. The van der Waals surface area contributed by atoms with Crippen molar-refractivity contribution in [2.75, 3.05) is 11.1 Å². The van der Waals surface area contributed by atoms with Crippen LogP contribution in [0.25, 0.3) is 0 Å². The Kier molecular flexibility index (Phi) is 3.52. The van der Waals surface area contributed by atoms with E-state index < -0.39 is 11.6 Å². The number of hydrogen-bond acceptors (Lipinski definition) is 2. The Morgan fingerprint density at radius 1 is 1.17 bits per heavy atom. The third kappa shape index (κ3) is 2.46. The molecular formula is C13H11BrF2N2. The molecule has 5 heteroatoms. The second-order valence-corrected chi connectivity index (χ2v) is 4.74. The van der Waals surface area contributed by atoms with Gasteiger partial charge >= 0.3 is 0 Å². The molecule has 0 heterocycles. The minimum Gasteiger partial charge on any atom is -0.395 e. The molecule has 0 saturated heterocycles. The van der Waals surface area contributed by atoms with Crippen LogP contribution in [0.2, 0.25) is 0 Å². The summed E-state index contributed by atoms with van der Waals surface area (Å²) in [7, 11) is 0. The first-order valence-electron chi connectivity index (χ1n) is 5.25. The molecule has 94 valence electrons. The third-order valence-corrected chi connectivity index (χ3v) is 3.49. The molecule has 2 aromatic carbocycles. The molecular weight excluding hydrogens is 302 g/mol. The average molecular weight is 313 g/mol. The molecule has 0 aromatic heterocycles. The van der Waals surface area contributed by atoms with Gasteiger partial charge in [-0.2, -0.15) is 0 Å². The second kappa shape index (κ2) is 4.94. The summed E-state index contributed by atoms with van der Waals surface area (Å²) in [5.74, 6) is -1.44. The lowest BCUT2D eigenvalue weighted by Gasteiger charge is -2.13. The lowest BCUT2D eigenvalue weighted by molar-refractivity contribution is 0.587. The van der Waals surface area contributed by atoms with Gasteiger partial charge in [0, 0.05) is 16.2 Å². The van der Waals surface area contributed by atoms with Crippen LogP contribution < -0.4 is 11.1 Å². The summed E-state index contributed by atoms with van der Waals surface area (Å²) < 4.78 is 27.4. The summed E-state index contributed by atoms with van der Waals surface area (Å²) in [6.45, 7) is 1.89. The Balaban J connectivity index is 2.43. The normalized spacial score (nSPS) is 10.4. The Morgan fingerprint density at radius 2 is 1.89 bits per heavy atom. The molecule has 0 aliphatic heterocycles. The van der Waals surface area contributed by atoms with Crippen molar-refractivity contribution in [3.8, 4) is 0 Å². The van der Waals surface area contributed by atoms with Gasteiger partial charge in [0.15, 0.2) is 5.82 Å². The summed E-state index contributed by atoms with van der Waals surface area (Å²) >= 11 is 3.39. The molecule has 18 heavy (non-hydrogen) atoms. The van der Waals surface area contributed by atoms with Gasteiger partial charge in [-0.3, -0.25) is 0 Å². The van der Waals surface area contributed by atoms with Crippen LogP contribution >= 0.6 is 15.9 Å². The van der Waals surface area contributed by atoms with Crippen LogP contribution in [0.3, 0.4) is 0 Å². The number of nitrogens with one attached hydrogen (secondary N) is 1. The fraction of sp³-hybridized carbons (Fsp3) is 0.0769. The van der Waals surface area contributed by atoms with Crippen LogP contribution in [0.4, 0.5) is 25.8 Å². The molecule has 0 fully saturated rings. The van der Waals surface area contributed by atoms with E-state index in [0.29, 0.717) is 0 Å². The maximum Gasteiger partial charge on any atom is 0.151 e. The van der Waals surface area contributed by atoms with Crippen LogP contribution in [0.15, 0.2) is 34.8 Å². The van der Waals surface area contributed by atoms with Crippen molar-refractivity contribution >= 4 is 33.0 Å². The smallest absolute Gasteiger partial charge is 0.151 e. The first-order chi connectivity index (χ1) is 8.49.